The molecule has 1 N–H and O–H groups in total. The molecule has 0 aromatic heterocycles. The maximum Gasteiger partial charge on any atom is 0.119 e. The smallest absolute Gasteiger partial charge is 0.119 e. The van der Waals surface area contributed by atoms with Gasteiger partial charge in [-0.3, -0.25) is 0 Å². The van der Waals surface area contributed by atoms with E-state index in [0.717, 1.165) is 49.8 Å². The molecule has 1 saturated carbocycles. The topological polar surface area (TPSA) is 53.2 Å². The Morgan fingerprint density at radius 1 is 1.26 bits per heavy atom. The Balaban J connectivity index is 2.28. The monoisotopic (exact) mass is 259 g/mol. The van der Waals surface area contributed by atoms with E-state index in [-0.39, 0.29) is 0 Å². The summed E-state index contributed by atoms with van der Waals surface area (Å²) in [7, 11) is 1.61. The van der Waals surface area contributed by atoms with Gasteiger partial charge in [0.05, 0.1) is 24.7 Å². The van der Waals surface area contributed by atoms with Crippen molar-refractivity contribution >= 4 is 0 Å². The van der Waals surface area contributed by atoms with Crippen LogP contribution in [0.3, 0.4) is 0 Å². The second-order valence-corrected chi connectivity index (χ2v) is 5.36. The first-order valence-corrected chi connectivity index (χ1v) is 6.95. The summed E-state index contributed by atoms with van der Waals surface area (Å²) in [5, 5.41) is 20.2. The quantitative estimate of drug-likeness (QED) is 0.844. The van der Waals surface area contributed by atoms with Gasteiger partial charge in [0, 0.05) is 0 Å². The van der Waals surface area contributed by atoms with E-state index in [4.69, 9.17) is 4.74 Å². The van der Waals surface area contributed by atoms with Crippen molar-refractivity contribution in [2.24, 2.45) is 5.41 Å². The summed E-state index contributed by atoms with van der Waals surface area (Å²) in [5.74, 6) is 0.721. The molecule has 0 heterocycles. The minimum absolute atomic E-state index is 0.636. The van der Waals surface area contributed by atoms with Gasteiger partial charge in [0.25, 0.3) is 0 Å². The number of methoxy groups -OCH3 is 1. The van der Waals surface area contributed by atoms with Gasteiger partial charge in [0.15, 0.2) is 0 Å². The van der Waals surface area contributed by atoms with Crippen LogP contribution in [0.1, 0.15) is 50.2 Å². The number of ether oxygens (including phenoxy) is 1. The molecule has 3 nitrogen and oxygen atoms in total. The molecule has 1 fully saturated rings. The molecule has 102 valence electrons. The summed E-state index contributed by atoms with van der Waals surface area (Å²) < 4.78 is 5.19. The molecule has 1 unspecified atom stereocenters. The Kier molecular flexibility index (Phi) is 4.44. The molecule has 1 atom stereocenters. The van der Waals surface area contributed by atoms with Crippen LogP contribution >= 0.6 is 0 Å². The van der Waals surface area contributed by atoms with Gasteiger partial charge in [-0.1, -0.05) is 37.8 Å². The molecule has 1 aliphatic rings. The van der Waals surface area contributed by atoms with Gasteiger partial charge in [-0.05, 0) is 30.5 Å². The first-order chi connectivity index (χ1) is 9.22. The zero-order valence-electron chi connectivity index (χ0n) is 11.4. The van der Waals surface area contributed by atoms with Gasteiger partial charge < -0.3 is 9.84 Å². The van der Waals surface area contributed by atoms with E-state index in [1.807, 2.05) is 24.3 Å². The van der Waals surface area contributed by atoms with Crippen LogP contribution in [0.25, 0.3) is 0 Å². The van der Waals surface area contributed by atoms with Crippen molar-refractivity contribution in [3.8, 4) is 11.8 Å². The average molecular weight is 259 g/mol. The molecule has 0 spiro atoms. The van der Waals surface area contributed by atoms with E-state index in [1.54, 1.807) is 7.11 Å². The lowest BCUT2D eigenvalue weighted by molar-refractivity contribution is 0.0515. The lowest BCUT2D eigenvalue weighted by Gasteiger charge is -2.31. The fourth-order valence-electron chi connectivity index (χ4n) is 2.94. The number of aliphatic hydroxyl groups is 1. The predicted molar refractivity (Wildman–Crippen MR) is 73.7 cm³/mol. The van der Waals surface area contributed by atoms with Gasteiger partial charge in [0.1, 0.15) is 5.75 Å². The molecule has 0 saturated heterocycles. The lowest BCUT2D eigenvalue weighted by Crippen LogP contribution is -2.27. The van der Waals surface area contributed by atoms with Crippen LogP contribution in [-0.2, 0) is 0 Å². The Morgan fingerprint density at radius 3 is 2.53 bits per heavy atom. The van der Waals surface area contributed by atoms with Crippen molar-refractivity contribution in [2.45, 2.75) is 44.6 Å². The third-order valence-corrected chi connectivity index (χ3v) is 4.15. The van der Waals surface area contributed by atoms with E-state index in [2.05, 4.69) is 6.07 Å². The second-order valence-electron chi connectivity index (χ2n) is 5.36. The highest BCUT2D eigenvalue weighted by atomic mass is 16.5. The van der Waals surface area contributed by atoms with Gasteiger partial charge >= 0.3 is 0 Å². The molecular weight excluding hydrogens is 238 g/mol. The standard InChI is InChI=1S/C16H21NO2/c1-19-14-8-6-7-13(11-14)15(18)16(12-17)9-4-2-3-5-10-16/h6-8,11,15,18H,2-5,9-10H2,1H3. The molecule has 0 radical (unpaired) electrons. The van der Waals surface area contributed by atoms with Crippen molar-refractivity contribution in [3.05, 3.63) is 29.8 Å². The van der Waals surface area contributed by atoms with Crippen LogP contribution in [0.2, 0.25) is 0 Å². The molecule has 1 aromatic carbocycles. The number of nitriles is 1. The normalized spacial score (nSPS) is 20.1. The van der Waals surface area contributed by atoms with E-state index >= 15 is 0 Å². The van der Waals surface area contributed by atoms with Crippen LogP contribution in [0.4, 0.5) is 0 Å². The Morgan fingerprint density at radius 2 is 1.95 bits per heavy atom. The van der Waals surface area contributed by atoms with Crippen molar-refractivity contribution in [1.29, 1.82) is 5.26 Å². The summed E-state index contributed by atoms with van der Waals surface area (Å²) in [4.78, 5) is 0. The zero-order valence-corrected chi connectivity index (χ0v) is 11.4. The number of benzene rings is 1. The van der Waals surface area contributed by atoms with Crippen LogP contribution in [0, 0.1) is 16.7 Å². The Labute approximate surface area is 114 Å². The van der Waals surface area contributed by atoms with E-state index < -0.39 is 11.5 Å². The summed E-state index contributed by atoms with van der Waals surface area (Å²) in [6.45, 7) is 0. The molecule has 3 heteroatoms. The largest absolute Gasteiger partial charge is 0.497 e. The van der Waals surface area contributed by atoms with Gasteiger partial charge in [-0.15, -0.1) is 0 Å². The van der Waals surface area contributed by atoms with Crippen molar-refractivity contribution in [2.75, 3.05) is 7.11 Å². The molecule has 19 heavy (non-hydrogen) atoms. The molecule has 2 rings (SSSR count). The molecule has 1 aliphatic carbocycles. The van der Waals surface area contributed by atoms with Gasteiger partial charge in [0.2, 0.25) is 0 Å². The number of rotatable bonds is 3. The summed E-state index contributed by atoms with van der Waals surface area (Å²) in [6, 6.07) is 9.81. The molecule has 0 aliphatic heterocycles. The number of aliphatic hydroxyl groups excluding tert-OH is 1. The first kappa shape index (κ1) is 13.9. The SMILES string of the molecule is COc1cccc(C(O)C2(C#N)CCCCCC2)c1. The van der Waals surface area contributed by atoms with E-state index in [0.29, 0.717) is 0 Å². The first-order valence-electron chi connectivity index (χ1n) is 6.95. The molecule has 1 aromatic rings. The van der Waals surface area contributed by atoms with Crippen molar-refractivity contribution in [1.82, 2.24) is 0 Å². The summed E-state index contributed by atoms with van der Waals surface area (Å²) >= 11 is 0. The highest BCUT2D eigenvalue weighted by Gasteiger charge is 2.39. The van der Waals surface area contributed by atoms with Gasteiger partial charge in [-0.25, -0.2) is 0 Å². The van der Waals surface area contributed by atoms with Crippen LogP contribution in [0.5, 0.6) is 5.75 Å². The molecule has 0 bridgehead atoms. The second kappa shape index (κ2) is 6.08. The van der Waals surface area contributed by atoms with Crippen LogP contribution < -0.4 is 4.74 Å². The Bertz CT molecular complexity index is 456. The van der Waals surface area contributed by atoms with Crippen molar-refractivity contribution < 1.29 is 9.84 Å². The maximum atomic E-state index is 10.7. The number of hydrogen-bond donors (Lipinski definition) is 1. The van der Waals surface area contributed by atoms with Gasteiger partial charge in [-0.2, -0.15) is 5.26 Å². The average Bonchev–Trinajstić information content (AvgIpc) is 2.73. The highest BCUT2D eigenvalue weighted by Crippen LogP contribution is 2.44. The lowest BCUT2D eigenvalue weighted by atomic mass is 9.74. The highest BCUT2D eigenvalue weighted by molar-refractivity contribution is 5.32. The minimum Gasteiger partial charge on any atom is -0.497 e. The number of nitrogens with zero attached hydrogens (tertiary/aromatic N) is 1. The summed E-state index contributed by atoms with van der Waals surface area (Å²) in [5.41, 5.74) is 0.144. The third-order valence-electron chi connectivity index (χ3n) is 4.15. The van der Waals surface area contributed by atoms with Crippen LogP contribution in [0.15, 0.2) is 24.3 Å². The fourth-order valence-corrected chi connectivity index (χ4v) is 2.94. The van der Waals surface area contributed by atoms with Crippen molar-refractivity contribution in [3.63, 3.8) is 0 Å². The van der Waals surface area contributed by atoms with Crippen LogP contribution in [-0.4, -0.2) is 12.2 Å². The summed E-state index contributed by atoms with van der Waals surface area (Å²) in [6.07, 6.45) is 5.20. The zero-order chi connectivity index (χ0) is 13.7. The third kappa shape index (κ3) is 2.90. The molecular formula is C16H21NO2. The maximum absolute atomic E-state index is 10.7. The fraction of sp³-hybridized carbons (Fsp3) is 0.562. The van der Waals surface area contributed by atoms with E-state index in [1.165, 1.54) is 0 Å². The molecule has 0 amide bonds. The van der Waals surface area contributed by atoms with E-state index in [9.17, 15) is 10.4 Å². The number of hydrogen-bond acceptors (Lipinski definition) is 3. The Hall–Kier alpha value is -1.53. The minimum atomic E-state index is -0.731. The predicted octanol–water partition coefficient (Wildman–Crippen LogP) is 3.59.